The van der Waals surface area contributed by atoms with E-state index in [2.05, 4.69) is 33.9 Å². The van der Waals surface area contributed by atoms with Gasteiger partial charge in [0.15, 0.2) is 20.2 Å². The number of Topliss-reactive ketones (excluding diaryl/α,β-unsaturated/α-hetero) is 1. The fourth-order valence-corrected chi connectivity index (χ4v) is 3.66. The molecule has 158 valence electrons. The largest absolute Gasteiger partial charge is 0.451 e. The van der Waals surface area contributed by atoms with Gasteiger partial charge in [0.1, 0.15) is 0 Å². The normalized spacial score (nSPS) is 16.8. The lowest BCUT2D eigenvalue weighted by Gasteiger charge is -2.37. The van der Waals surface area contributed by atoms with Crippen LogP contribution < -0.4 is 0 Å². The van der Waals surface area contributed by atoms with Crippen LogP contribution in [-0.2, 0) is 14.0 Å². The number of ether oxygens (including phenoxy) is 1. The van der Waals surface area contributed by atoms with E-state index in [1.807, 2.05) is 6.92 Å². The van der Waals surface area contributed by atoms with Gasteiger partial charge in [-0.3, -0.25) is 4.79 Å². The molecule has 1 rings (SSSR count). The molecular weight excluding hydrogens is 372 g/mol. The van der Waals surface area contributed by atoms with Crippen molar-refractivity contribution in [1.82, 2.24) is 0 Å². The van der Waals surface area contributed by atoms with E-state index in [9.17, 15) is 14.7 Å². The minimum absolute atomic E-state index is 0.0826. The van der Waals surface area contributed by atoms with Gasteiger partial charge >= 0.3 is 5.97 Å². The van der Waals surface area contributed by atoms with Gasteiger partial charge in [-0.1, -0.05) is 52.8 Å². The molecule has 0 heterocycles. The minimum Gasteiger partial charge on any atom is -0.451 e. The van der Waals surface area contributed by atoms with Gasteiger partial charge in [-0.25, -0.2) is 4.79 Å². The predicted molar refractivity (Wildman–Crippen MR) is 114 cm³/mol. The van der Waals surface area contributed by atoms with Crippen molar-refractivity contribution in [2.45, 2.75) is 71.9 Å². The summed E-state index contributed by atoms with van der Waals surface area (Å²) in [5, 5.41) is 10.7. The third-order valence-corrected chi connectivity index (χ3v) is 10.3. The fourth-order valence-electron chi connectivity index (χ4n) is 2.55. The number of aliphatic hydroxyl groups is 1. The van der Waals surface area contributed by atoms with Gasteiger partial charge < -0.3 is 14.3 Å². The maximum absolute atomic E-state index is 12.6. The average molecular weight is 409 g/mol. The molecule has 4 atom stereocenters. The number of rotatable bonds is 9. The number of hydrogen-bond donors (Lipinski definition) is 1. The van der Waals surface area contributed by atoms with Crippen LogP contribution in [0.3, 0.4) is 0 Å². The molecule has 0 bridgehead atoms. The average Bonchev–Trinajstić information content (AvgIpc) is 2.63. The molecule has 0 amide bonds. The second kappa shape index (κ2) is 9.81. The minimum atomic E-state index is -1.92. The Labute approximate surface area is 170 Å². The molecule has 0 aromatic heterocycles. The Balaban J connectivity index is 2.64. The summed E-state index contributed by atoms with van der Waals surface area (Å²) < 4.78 is 11.5. The number of benzene rings is 1. The van der Waals surface area contributed by atoms with Gasteiger partial charge in [0, 0.05) is 18.4 Å². The third-order valence-electron chi connectivity index (χ3n) is 5.75. The van der Waals surface area contributed by atoms with Crippen LogP contribution in [0.2, 0.25) is 18.1 Å². The standard InChI is InChI=1S/C22H36O5Si/c1-15(14-26-28(7,8)22(4,5)6)19(23)16(2)20(24)17(3)27-21(25)18-12-10-9-11-13-18/h9-13,15-17,19,23H,14H2,1-8H3/t15-,16+,17-,19-/m0/s1. The van der Waals surface area contributed by atoms with Crippen molar-refractivity contribution >= 4 is 20.1 Å². The first kappa shape index (κ1) is 24.5. The highest BCUT2D eigenvalue weighted by atomic mass is 28.4. The Morgan fingerprint density at radius 1 is 1.07 bits per heavy atom. The first-order valence-corrected chi connectivity index (χ1v) is 12.8. The molecule has 5 nitrogen and oxygen atoms in total. The molecule has 28 heavy (non-hydrogen) atoms. The van der Waals surface area contributed by atoms with E-state index in [4.69, 9.17) is 9.16 Å². The molecule has 1 aromatic carbocycles. The Morgan fingerprint density at radius 3 is 2.11 bits per heavy atom. The first-order valence-electron chi connectivity index (χ1n) is 9.89. The number of hydrogen-bond acceptors (Lipinski definition) is 5. The van der Waals surface area contributed by atoms with Gasteiger partial charge in [-0.2, -0.15) is 0 Å². The summed E-state index contributed by atoms with van der Waals surface area (Å²) in [4.78, 5) is 24.8. The molecule has 0 radical (unpaired) electrons. The zero-order chi connectivity index (χ0) is 21.7. The summed E-state index contributed by atoms with van der Waals surface area (Å²) in [6.07, 6.45) is -1.79. The van der Waals surface area contributed by atoms with Gasteiger partial charge in [0.25, 0.3) is 0 Å². The van der Waals surface area contributed by atoms with Crippen molar-refractivity contribution in [3.63, 3.8) is 0 Å². The van der Waals surface area contributed by atoms with Crippen LogP contribution in [0.15, 0.2) is 30.3 Å². The van der Waals surface area contributed by atoms with Gasteiger partial charge in [-0.05, 0) is 37.2 Å². The lowest BCUT2D eigenvalue weighted by molar-refractivity contribution is -0.135. The molecule has 0 saturated heterocycles. The van der Waals surface area contributed by atoms with E-state index < -0.39 is 32.4 Å². The van der Waals surface area contributed by atoms with Crippen molar-refractivity contribution in [1.29, 1.82) is 0 Å². The zero-order valence-corrected chi connectivity index (χ0v) is 19.5. The molecule has 0 aliphatic rings. The summed E-state index contributed by atoms with van der Waals surface area (Å²) >= 11 is 0. The quantitative estimate of drug-likeness (QED) is 0.482. The fraction of sp³-hybridized carbons (Fsp3) is 0.636. The van der Waals surface area contributed by atoms with E-state index in [0.29, 0.717) is 12.2 Å². The number of aliphatic hydroxyl groups excluding tert-OH is 1. The number of esters is 1. The van der Waals surface area contributed by atoms with Crippen molar-refractivity contribution in [2.24, 2.45) is 11.8 Å². The van der Waals surface area contributed by atoms with Crippen molar-refractivity contribution in [2.75, 3.05) is 6.61 Å². The second-order valence-corrected chi connectivity index (χ2v) is 14.0. The van der Waals surface area contributed by atoms with E-state index >= 15 is 0 Å². The molecular formula is C22H36O5Si. The topological polar surface area (TPSA) is 72.8 Å². The van der Waals surface area contributed by atoms with Crippen LogP contribution in [0, 0.1) is 11.8 Å². The van der Waals surface area contributed by atoms with Crippen LogP contribution >= 0.6 is 0 Å². The summed E-state index contributed by atoms with van der Waals surface area (Å²) in [5.74, 6) is -1.70. The monoisotopic (exact) mass is 408 g/mol. The summed E-state index contributed by atoms with van der Waals surface area (Å²) in [7, 11) is -1.92. The molecule has 1 N–H and O–H groups in total. The summed E-state index contributed by atoms with van der Waals surface area (Å²) in [6.45, 7) is 16.3. The zero-order valence-electron chi connectivity index (χ0n) is 18.5. The lowest BCUT2D eigenvalue weighted by atomic mass is 9.89. The number of ketones is 1. The van der Waals surface area contributed by atoms with Crippen molar-refractivity contribution in [3.8, 4) is 0 Å². The maximum Gasteiger partial charge on any atom is 0.338 e. The van der Waals surface area contributed by atoms with Gasteiger partial charge in [-0.15, -0.1) is 0 Å². The first-order chi connectivity index (χ1) is 12.8. The molecule has 1 aromatic rings. The molecule has 0 unspecified atom stereocenters. The Hall–Kier alpha value is -1.50. The van der Waals surface area contributed by atoms with E-state index in [0.717, 1.165) is 0 Å². The second-order valence-electron chi connectivity index (χ2n) is 9.14. The smallest absolute Gasteiger partial charge is 0.338 e. The highest BCUT2D eigenvalue weighted by molar-refractivity contribution is 6.74. The van der Waals surface area contributed by atoms with E-state index in [1.165, 1.54) is 0 Å². The van der Waals surface area contributed by atoms with Crippen molar-refractivity contribution < 1.29 is 23.9 Å². The Morgan fingerprint density at radius 2 is 1.61 bits per heavy atom. The van der Waals surface area contributed by atoms with Crippen LogP contribution in [0.5, 0.6) is 0 Å². The maximum atomic E-state index is 12.6. The highest BCUT2D eigenvalue weighted by Crippen LogP contribution is 2.37. The third kappa shape index (κ3) is 6.53. The molecule has 0 aliphatic carbocycles. The van der Waals surface area contributed by atoms with E-state index in [1.54, 1.807) is 44.2 Å². The van der Waals surface area contributed by atoms with Crippen LogP contribution in [0.4, 0.5) is 0 Å². The molecule has 0 spiro atoms. The summed E-state index contributed by atoms with van der Waals surface area (Å²) in [5.41, 5.74) is 0.395. The number of carbonyl (C=O) groups excluding carboxylic acids is 2. The SMILES string of the molecule is C[C@H](OC(=O)c1ccccc1)C(=O)[C@H](C)[C@@H](O)[C@@H](C)CO[Si](C)(C)C(C)(C)C. The molecule has 0 aliphatic heterocycles. The Kier molecular flexibility index (Phi) is 8.59. The molecule has 0 fully saturated rings. The number of carbonyl (C=O) groups is 2. The van der Waals surface area contributed by atoms with Gasteiger partial charge in [0.2, 0.25) is 0 Å². The predicted octanol–water partition coefficient (Wildman–Crippen LogP) is 4.46. The van der Waals surface area contributed by atoms with Crippen LogP contribution in [0.25, 0.3) is 0 Å². The van der Waals surface area contributed by atoms with Gasteiger partial charge in [0.05, 0.1) is 11.7 Å². The van der Waals surface area contributed by atoms with E-state index in [-0.39, 0.29) is 16.7 Å². The Bertz CT molecular complexity index is 651. The highest BCUT2D eigenvalue weighted by Gasteiger charge is 2.38. The van der Waals surface area contributed by atoms with Crippen LogP contribution in [0.1, 0.15) is 51.9 Å². The molecule has 0 saturated carbocycles. The lowest BCUT2D eigenvalue weighted by Crippen LogP contribution is -2.44. The summed E-state index contributed by atoms with van der Waals surface area (Å²) in [6, 6.07) is 8.55. The van der Waals surface area contributed by atoms with Crippen molar-refractivity contribution in [3.05, 3.63) is 35.9 Å². The molecule has 6 heteroatoms. The van der Waals surface area contributed by atoms with Crippen LogP contribution in [-0.4, -0.2) is 44.0 Å².